The van der Waals surface area contributed by atoms with E-state index in [9.17, 15) is 4.79 Å². The van der Waals surface area contributed by atoms with Crippen LogP contribution in [-0.2, 0) is 4.79 Å². The Morgan fingerprint density at radius 2 is 2.00 bits per heavy atom. The molecule has 4 rings (SSSR count). The van der Waals surface area contributed by atoms with Crippen molar-refractivity contribution in [2.75, 3.05) is 25.5 Å². The first-order valence-corrected chi connectivity index (χ1v) is 11.1. The molecule has 30 heavy (non-hydrogen) atoms. The van der Waals surface area contributed by atoms with Gasteiger partial charge in [0, 0.05) is 36.9 Å². The van der Waals surface area contributed by atoms with E-state index in [1.165, 1.54) is 19.3 Å². The fourth-order valence-corrected chi connectivity index (χ4v) is 4.76. The van der Waals surface area contributed by atoms with Gasteiger partial charge in [-0.25, -0.2) is 4.98 Å². The highest BCUT2D eigenvalue weighted by Gasteiger charge is 2.31. The second-order valence-electron chi connectivity index (χ2n) is 8.56. The highest BCUT2D eigenvalue weighted by atomic mass is 16.2. The number of carbonyl (C=O) groups excluding carboxylic acids is 1. The maximum absolute atomic E-state index is 13.0. The van der Waals surface area contributed by atoms with Gasteiger partial charge >= 0.3 is 0 Å². The number of rotatable bonds is 6. The molecule has 0 bridgehead atoms. The maximum atomic E-state index is 13.0. The molecule has 2 fully saturated rings. The lowest BCUT2D eigenvalue weighted by Gasteiger charge is -2.33. The predicted molar refractivity (Wildman–Crippen MR) is 117 cm³/mol. The van der Waals surface area contributed by atoms with Gasteiger partial charge in [0.15, 0.2) is 0 Å². The highest BCUT2D eigenvalue weighted by molar-refractivity contribution is 5.78. The van der Waals surface area contributed by atoms with Crippen LogP contribution >= 0.6 is 0 Å². The maximum Gasteiger partial charge on any atom is 0.236 e. The molecule has 1 saturated heterocycles. The molecule has 2 aliphatic rings. The first-order valence-electron chi connectivity index (χ1n) is 11.1. The molecule has 1 N–H and O–H groups in total. The summed E-state index contributed by atoms with van der Waals surface area (Å²) in [5.74, 6) is 0.945. The van der Waals surface area contributed by atoms with Gasteiger partial charge in [-0.15, -0.1) is 0 Å². The molecule has 0 aromatic carbocycles. The second kappa shape index (κ2) is 9.51. The van der Waals surface area contributed by atoms with E-state index in [1.54, 1.807) is 18.6 Å². The highest BCUT2D eigenvalue weighted by Crippen LogP contribution is 2.33. The third-order valence-electron chi connectivity index (χ3n) is 6.37. The summed E-state index contributed by atoms with van der Waals surface area (Å²) < 4.78 is 0. The number of likely N-dealkylation sites (N-methyl/N-ethyl adjacent to an activating group) is 1. The Labute approximate surface area is 178 Å². The lowest BCUT2D eigenvalue weighted by molar-refractivity contribution is -0.134. The number of nitrogens with zero attached hydrogens (tertiary/aromatic N) is 5. The van der Waals surface area contributed by atoms with E-state index < -0.39 is 0 Å². The SMILES string of the molecule is Cc1cc(Nc2cnccn2)cc([C@@H]2CCCN2CC(=O)N(C)C2CCCCC2)n1. The standard InChI is InChI=1S/C23H32N6O/c1-17-13-18(27-22-15-24-10-11-25-22)14-20(26-17)21-9-6-12-29(21)16-23(30)28(2)19-7-4-3-5-8-19/h10-11,13-15,19,21H,3-9,12,16H2,1-2H3,(H,25,26,27)/t21-/m0/s1. The molecule has 0 unspecified atom stereocenters. The van der Waals surface area contributed by atoms with Crippen molar-refractivity contribution in [3.8, 4) is 0 Å². The number of aryl methyl sites for hydroxylation is 1. The van der Waals surface area contributed by atoms with Gasteiger partial charge in [0.2, 0.25) is 5.91 Å². The van der Waals surface area contributed by atoms with E-state index in [0.29, 0.717) is 18.4 Å². The minimum atomic E-state index is 0.177. The number of hydrogen-bond acceptors (Lipinski definition) is 6. The van der Waals surface area contributed by atoms with Crippen molar-refractivity contribution in [1.82, 2.24) is 24.8 Å². The van der Waals surface area contributed by atoms with Crippen LogP contribution < -0.4 is 5.32 Å². The number of carbonyl (C=O) groups is 1. The van der Waals surface area contributed by atoms with Crippen LogP contribution in [-0.4, -0.2) is 56.8 Å². The fraction of sp³-hybridized carbons (Fsp3) is 0.565. The summed E-state index contributed by atoms with van der Waals surface area (Å²) in [5, 5.41) is 3.32. The summed E-state index contributed by atoms with van der Waals surface area (Å²) in [6.07, 6.45) is 13.2. The molecule has 0 radical (unpaired) electrons. The Balaban J connectivity index is 1.45. The van der Waals surface area contributed by atoms with Crippen LogP contribution in [0, 0.1) is 6.92 Å². The predicted octanol–water partition coefficient (Wildman–Crippen LogP) is 3.85. The Morgan fingerprint density at radius 3 is 2.77 bits per heavy atom. The summed E-state index contributed by atoms with van der Waals surface area (Å²) >= 11 is 0. The van der Waals surface area contributed by atoms with Gasteiger partial charge in [-0.05, 0) is 51.3 Å². The minimum absolute atomic E-state index is 0.177. The van der Waals surface area contributed by atoms with E-state index in [4.69, 9.17) is 4.98 Å². The van der Waals surface area contributed by atoms with Crippen molar-refractivity contribution in [3.05, 3.63) is 42.1 Å². The molecule has 7 nitrogen and oxygen atoms in total. The van der Waals surface area contributed by atoms with Crippen LogP contribution in [0.25, 0.3) is 0 Å². The van der Waals surface area contributed by atoms with Crippen LogP contribution in [0.2, 0.25) is 0 Å². The van der Waals surface area contributed by atoms with Gasteiger partial charge in [0.1, 0.15) is 5.82 Å². The van der Waals surface area contributed by atoms with Crippen molar-refractivity contribution >= 4 is 17.4 Å². The molecule has 1 aliphatic carbocycles. The quantitative estimate of drug-likeness (QED) is 0.783. The average Bonchev–Trinajstić information content (AvgIpc) is 3.22. The Hall–Kier alpha value is -2.54. The Bertz CT molecular complexity index is 852. The fourth-order valence-electron chi connectivity index (χ4n) is 4.76. The van der Waals surface area contributed by atoms with Crippen LogP contribution in [0.3, 0.4) is 0 Å². The normalized spacial score (nSPS) is 20.3. The van der Waals surface area contributed by atoms with Crippen molar-refractivity contribution in [2.24, 2.45) is 0 Å². The molecule has 1 saturated carbocycles. The van der Waals surface area contributed by atoms with Gasteiger partial charge < -0.3 is 10.2 Å². The largest absolute Gasteiger partial charge is 0.342 e. The second-order valence-corrected chi connectivity index (χ2v) is 8.56. The Kier molecular flexibility index (Phi) is 6.57. The van der Waals surface area contributed by atoms with Gasteiger partial charge in [-0.1, -0.05) is 19.3 Å². The zero-order chi connectivity index (χ0) is 20.9. The first-order chi connectivity index (χ1) is 14.6. The zero-order valence-corrected chi connectivity index (χ0v) is 18.0. The minimum Gasteiger partial charge on any atom is -0.342 e. The number of nitrogens with one attached hydrogen (secondary N) is 1. The van der Waals surface area contributed by atoms with E-state index in [-0.39, 0.29) is 11.9 Å². The number of aromatic nitrogens is 3. The van der Waals surface area contributed by atoms with Crippen molar-refractivity contribution < 1.29 is 4.79 Å². The molecule has 7 heteroatoms. The van der Waals surface area contributed by atoms with Gasteiger partial charge in [0.05, 0.1) is 24.5 Å². The zero-order valence-electron chi connectivity index (χ0n) is 18.0. The van der Waals surface area contributed by atoms with Gasteiger partial charge in [-0.2, -0.15) is 0 Å². The van der Waals surface area contributed by atoms with Gasteiger partial charge in [-0.3, -0.25) is 19.7 Å². The lowest BCUT2D eigenvalue weighted by Crippen LogP contribution is -2.44. The molecule has 2 aromatic rings. The monoisotopic (exact) mass is 408 g/mol. The van der Waals surface area contributed by atoms with Crippen LogP contribution in [0.15, 0.2) is 30.7 Å². The van der Waals surface area contributed by atoms with Gasteiger partial charge in [0.25, 0.3) is 0 Å². The molecular formula is C23H32N6O. The van der Waals surface area contributed by atoms with Crippen molar-refractivity contribution in [1.29, 1.82) is 0 Å². The molecule has 2 aromatic heterocycles. The van der Waals surface area contributed by atoms with Crippen molar-refractivity contribution in [2.45, 2.75) is 64.0 Å². The summed E-state index contributed by atoms with van der Waals surface area (Å²) in [5.41, 5.74) is 2.93. The lowest BCUT2D eigenvalue weighted by atomic mass is 9.94. The summed E-state index contributed by atoms with van der Waals surface area (Å²) in [4.78, 5) is 30.5. The number of pyridine rings is 1. The summed E-state index contributed by atoms with van der Waals surface area (Å²) in [6.45, 7) is 3.42. The summed E-state index contributed by atoms with van der Waals surface area (Å²) in [6, 6.07) is 4.68. The van der Waals surface area contributed by atoms with Crippen LogP contribution in [0.5, 0.6) is 0 Å². The van der Waals surface area contributed by atoms with E-state index in [0.717, 1.165) is 49.3 Å². The van der Waals surface area contributed by atoms with E-state index in [2.05, 4.69) is 26.3 Å². The molecular weight excluding hydrogens is 376 g/mol. The Morgan fingerprint density at radius 1 is 1.17 bits per heavy atom. The molecule has 1 aliphatic heterocycles. The van der Waals surface area contributed by atoms with Crippen LogP contribution in [0.4, 0.5) is 11.5 Å². The van der Waals surface area contributed by atoms with Crippen LogP contribution in [0.1, 0.15) is 62.4 Å². The molecule has 1 amide bonds. The third kappa shape index (κ3) is 4.95. The smallest absolute Gasteiger partial charge is 0.236 e. The number of hydrogen-bond donors (Lipinski definition) is 1. The molecule has 3 heterocycles. The molecule has 0 spiro atoms. The van der Waals surface area contributed by atoms with E-state index in [1.807, 2.05) is 24.9 Å². The number of amides is 1. The average molecular weight is 409 g/mol. The topological polar surface area (TPSA) is 74.2 Å². The van der Waals surface area contributed by atoms with Crippen molar-refractivity contribution in [3.63, 3.8) is 0 Å². The third-order valence-corrected chi connectivity index (χ3v) is 6.37. The molecule has 1 atom stereocenters. The van der Waals surface area contributed by atoms with E-state index >= 15 is 0 Å². The number of likely N-dealkylation sites (tertiary alicyclic amines) is 1. The first kappa shape index (κ1) is 20.7. The molecule has 160 valence electrons. The number of anilines is 2. The summed E-state index contributed by atoms with van der Waals surface area (Å²) in [7, 11) is 1.98.